The molecule has 1 amide bonds. The average Bonchev–Trinajstić information content (AvgIpc) is 2.41. The minimum absolute atomic E-state index is 0.0678. The van der Waals surface area contributed by atoms with Gasteiger partial charge in [-0.2, -0.15) is 0 Å². The molecule has 2 rings (SSSR count). The summed E-state index contributed by atoms with van der Waals surface area (Å²) in [5, 5.41) is 11.5. The Morgan fingerprint density at radius 2 is 1.71 bits per heavy atom. The predicted octanol–water partition coefficient (Wildman–Crippen LogP) is 2.08. The van der Waals surface area contributed by atoms with Crippen LogP contribution >= 0.6 is 0 Å². The van der Waals surface area contributed by atoms with Gasteiger partial charge in [-0.25, -0.2) is 0 Å². The average molecular weight is 284 g/mol. The summed E-state index contributed by atoms with van der Waals surface area (Å²) in [6, 6.07) is 13.9. The molecule has 0 saturated carbocycles. The van der Waals surface area contributed by atoms with Crippen LogP contribution in [0.4, 0.5) is 11.4 Å². The van der Waals surface area contributed by atoms with E-state index in [9.17, 15) is 9.59 Å². The van der Waals surface area contributed by atoms with Crippen molar-refractivity contribution in [2.24, 2.45) is 0 Å². The van der Waals surface area contributed by atoms with E-state index in [0.29, 0.717) is 16.9 Å². The first-order chi connectivity index (χ1) is 10.0. The Morgan fingerprint density at radius 1 is 1.00 bits per heavy atom. The van der Waals surface area contributed by atoms with E-state index < -0.39 is 5.97 Å². The number of carboxylic acid groups (broad SMARTS) is 1. The first-order valence-electron chi connectivity index (χ1n) is 6.48. The molecular weight excluding hydrogens is 268 g/mol. The summed E-state index contributed by atoms with van der Waals surface area (Å²) in [5.41, 5.74) is 8.34. The lowest BCUT2D eigenvalue weighted by Crippen LogP contribution is -2.14. The van der Waals surface area contributed by atoms with Crippen LogP contribution in [0, 0.1) is 0 Å². The van der Waals surface area contributed by atoms with Gasteiger partial charge in [-0.05, 0) is 35.4 Å². The van der Waals surface area contributed by atoms with E-state index in [0.717, 1.165) is 5.56 Å². The number of nitrogens with one attached hydrogen (secondary N) is 1. The van der Waals surface area contributed by atoms with E-state index in [1.807, 2.05) is 0 Å². The van der Waals surface area contributed by atoms with Crippen LogP contribution in [0.15, 0.2) is 48.5 Å². The lowest BCUT2D eigenvalue weighted by molar-refractivity contribution is -0.136. The van der Waals surface area contributed by atoms with Crippen molar-refractivity contribution in [2.75, 3.05) is 11.1 Å². The van der Waals surface area contributed by atoms with Crippen molar-refractivity contribution in [1.29, 1.82) is 0 Å². The quantitative estimate of drug-likeness (QED) is 0.733. The molecule has 0 radical (unpaired) electrons. The number of aliphatic carboxylic acids is 1. The van der Waals surface area contributed by atoms with Crippen LogP contribution in [-0.2, 0) is 22.4 Å². The topological polar surface area (TPSA) is 92.4 Å². The molecule has 0 saturated heterocycles. The van der Waals surface area contributed by atoms with E-state index in [-0.39, 0.29) is 18.7 Å². The van der Waals surface area contributed by atoms with Gasteiger partial charge in [0.2, 0.25) is 5.91 Å². The molecule has 2 aromatic rings. The van der Waals surface area contributed by atoms with Gasteiger partial charge in [0.05, 0.1) is 12.8 Å². The largest absolute Gasteiger partial charge is 0.481 e. The Balaban J connectivity index is 1.99. The zero-order valence-corrected chi connectivity index (χ0v) is 11.4. The van der Waals surface area contributed by atoms with Crippen molar-refractivity contribution in [3.8, 4) is 0 Å². The smallest absolute Gasteiger partial charge is 0.307 e. The Bertz CT molecular complexity index is 651. The number of amides is 1. The van der Waals surface area contributed by atoms with E-state index in [1.165, 1.54) is 0 Å². The predicted molar refractivity (Wildman–Crippen MR) is 81.0 cm³/mol. The standard InChI is InChI=1S/C16H16N2O3/c17-13-6-4-11(5-7-13)9-15(19)18-14-3-1-2-12(8-14)10-16(20)21/h1-8H,9-10,17H2,(H,18,19)(H,20,21). The molecule has 0 aliphatic carbocycles. The number of rotatable bonds is 5. The zero-order valence-electron chi connectivity index (χ0n) is 11.4. The normalized spacial score (nSPS) is 10.1. The lowest BCUT2D eigenvalue weighted by Gasteiger charge is -2.07. The maximum atomic E-state index is 11.9. The number of nitrogen functional groups attached to an aromatic ring is 1. The van der Waals surface area contributed by atoms with Crippen molar-refractivity contribution in [3.63, 3.8) is 0 Å². The van der Waals surface area contributed by atoms with Gasteiger partial charge in [-0.3, -0.25) is 9.59 Å². The van der Waals surface area contributed by atoms with Gasteiger partial charge in [-0.15, -0.1) is 0 Å². The minimum atomic E-state index is -0.902. The highest BCUT2D eigenvalue weighted by Gasteiger charge is 2.06. The number of carbonyl (C=O) groups excluding carboxylic acids is 1. The van der Waals surface area contributed by atoms with Crippen molar-refractivity contribution in [3.05, 3.63) is 59.7 Å². The molecule has 0 aliphatic rings. The summed E-state index contributed by atoms with van der Waals surface area (Å²) in [6.45, 7) is 0. The van der Waals surface area contributed by atoms with Crippen LogP contribution in [0.1, 0.15) is 11.1 Å². The van der Waals surface area contributed by atoms with E-state index in [4.69, 9.17) is 10.8 Å². The molecule has 0 aliphatic heterocycles. The number of benzene rings is 2. The Kier molecular flexibility index (Phi) is 4.56. The molecule has 2 aromatic carbocycles. The molecule has 0 spiro atoms. The van der Waals surface area contributed by atoms with Crippen LogP contribution < -0.4 is 11.1 Å². The van der Waals surface area contributed by atoms with E-state index in [1.54, 1.807) is 48.5 Å². The molecule has 0 atom stereocenters. The molecule has 108 valence electrons. The maximum Gasteiger partial charge on any atom is 0.307 e. The number of hydrogen-bond donors (Lipinski definition) is 3. The molecular formula is C16H16N2O3. The molecule has 4 N–H and O–H groups in total. The van der Waals surface area contributed by atoms with Gasteiger partial charge in [0.1, 0.15) is 0 Å². The van der Waals surface area contributed by atoms with E-state index >= 15 is 0 Å². The van der Waals surface area contributed by atoms with Gasteiger partial charge in [-0.1, -0.05) is 24.3 Å². The molecule has 0 unspecified atom stereocenters. The third-order valence-corrected chi connectivity index (χ3v) is 2.91. The second kappa shape index (κ2) is 6.56. The van der Waals surface area contributed by atoms with Crippen molar-refractivity contribution in [2.45, 2.75) is 12.8 Å². The minimum Gasteiger partial charge on any atom is -0.481 e. The molecule has 5 heteroatoms. The van der Waals surface area contributed by atoms with Crippen LogP contribution in [-0.4, -0.2) is 17.0 Å². The van der Waals surface area contributed by atoms with Crippen molar-refractivity contribution >= 4 is 23.3 Å². The second-order valence-corrected chi connectivity index (χ2v) is 4.74. The second-order valence-electron chi connectivity index (χ2n) is 4.74. The Labute approximate surface area is 122 Å². The fraction of sp³-hybridized carbons (Fsp3) is 0.125. The van der Waals surface area contributed by atoms with E-state index in [2.05, 4.69) is 5.32 Å². The van der Waals surface area contributed by atoms with Crippen molar-refractivity contribution < 1.29 is 14.7 Å². The summed E-state index contributed by atoms with van der Waals surface area (Å²) in [7, 11) is 0. The van der Waals surface area contributed by atoms with Gasteiger partial charge < -0.3 is 16.2 Å². The van der Waals surface area contributed by atoms with Gasteiger partial charge in [0, 0.05) is 11.4 Å². The molecule has 0 bridgehead atoms. The highest BCUT2D eigenvalue weighted by molar-refractivity contribution is 5.92. The highest BCUT2D eigenvalue weighted by atomic mass is 16.4. The lowest BCUT2D eigenvalue weighted by atomic mass is 10.1. The molecule has 0 aromatic heterocycles. The fourth-order valence-corrected chi connectivity index (χ4v) is 1.96. The number of hydrogen-bond acceptors (Lipinski definition) is 3. The van der Waals surface area contributed by atoms with Gasteiger partial charge >= 0.3 is 5.97 Å². The number of carbonyl (C=O) groups is 2. The molecule has 5 nitrogen and oxygen atoms in total. The van der Waals surface area contributed by atoms with Gasteiger partial charge in [0.25, 0.3) is 0 Å². The monoisotopic (exact) mass is 284 g/mol. The van der Waals surface area contributed by atoms with Crippen LogP contribution in [0.3, 0.4) is 0 Å². The summed E-state index contributed by atoms with van der Waals surface area (Å²) in [4.78, 5) is 22.6. The zero-order chi connectivity index (χ0) is 15.2. The molecule has 0 fully saturated rings. The SMILES string of the molecule is Nc1ccc(CC(=O)Nc2cccc(CC(=O)O)c2)cc1. The van der Waals surface area contributed by atoms with Crippen LogP contribution in [0.25, 0.3) is 0 Å². The number of carboxylic acids is 1. The summed E-state index contributed by atoms with van der Waals surface area (Å²) in [5.74, 6) is -1.06. The summed E-state index contributed by atoms with van der Waals surface area (Å²) >= 11 is 0. The summed E-state index contributed by atoms with van der Waals surface area (Å²) < 4.78 is 0. The highest BCUT2D eigenvalue weighted by Crippen LogP contribution is 2.12. The van der Waals surface area contributed by atoms with Gasteiger partial charge in [0.15, 0.2) is 0 Å². The first-order valence-corrected chi connectivity index (χ1v) is 6.48. The third-order valence-electron chi connectivity index (χ3n) is 2.91. The fourth-order valence-electron chi connectivity index (χ4n) is 1.96. The third kappa shape index (κ3) is 4.65. The maximum absolute atomic E-state index is 11.9. The Hall–Kier alpha value is -2.82. The first kappa shape index (κ1) is 14.6. The molecule has 21 heavy (non-hydrogen) atoms. The van der Waals surface area contributed by atoms with Crippen LogP contribution in [0.2, 0.25) is 0 Å². The number of anilines is 2. The van der Waals surface area contributed by atoms with Crippen molar-refractivity contribution in [1.82, 2.24) is 0 Å². The summed E-state index contributed by atoms with van der Waals surface area (Å²) in [6.07, 6.45) is 0.172. The number of nitrogens with two attached hydrogens (primary N) is 1. The molecule has 0 heterocycles. The Morgan fingerprint density at radius 3 is 2.38 bits per heavy atom. The van der Waals surface area contributed by atoms with Crippen LogP contribution in [0.5, 0.6) is 0 Å².